The second kappa shape index (κ2) is 28.5. The number of benzene rings is 5. The molecule has 0 fully saturated rings. The van der Waals surface area contributed by atoms with Gasteiger partial charge < -0.3 is 37.9 Å². The van der Waals surface area contributed by atoms with Gasteiger partial charge in [-0.2, -0.15) is 0 Å². The predicted octanol–water partition coefficient (Wildman–Crippen LogP) is 16.3. The Kier molecular flexibility index (Phi) is 22.8. The summed E-state index contributed by atoms with van der Waals surface area (Å²) in [6.07, 6.45) is 8.32. The molecule has 0 atom stereocenters. The molecule has 0 amide bonds. The zero-order chi connectivity index (χ0) is 59.7. The van der Waals surface area contributed by atoms with Crippen molar-refractivity contribution in [3.8, 4) is 45.3 Å². The average Bonchev–Trinajstić information content (AvgIpc) is 3.48. The molecule has 82 heavy (non-hydrogen) atoms. The van der Waals surface area contributed by atoms with Gasteiger partial charge in [0.05, 0.1) is 39.6 Å². The molecule has 5 aromatic carbocycles. The summed E-state index contributed by atoms with van der Waals surface area (Å²) < 4.78 is 169. The minimum absolute atomic E-state index is 0.300. The first-order chi connectivity index (χ1) is 38.6. The van der Waals surface area contributed by atoms with E-state index in [1.807, 2.05) is 72.8 Å². The van der Waals surface area contributed by atoms with Gasteiger partial charge in [-0.15, -0.1) is 0 Å². The summed E-state index contributed by atoms with van der Waals surface area (Å²) in [4.78, 5) is 5.44. The fourth-order valence-corrected chi connectivity index (χ4v) is 7.35. The van der Waals surface area contributed by atoms with Crippen molar-refractivity contribution in [2.24, 2.45) is 10.2 Å². The second-order valence-corrected chi connectivity index (χ2v) is 20.9. The number of nitrogens with zero attached hydrogens (tertiary/aromatic N) is 8. The van der Waals surface area contributed by atoms with E-state index in [1.165, 1.54) is 0 Å². The van der Waals surface area contributed by atoms with E-state index >= 15 is 0 Å². The maximum atomic E-state index is 9.87. The monoisotopic (exact) mass is 1210 g/mol. The molecule has 7 aromatic rings. The molecule has 30 heteroatoms. The van der Waals surface area contributed by atoms with Gasteiger partial charge in [-0.05, 0) is 57.6 Å². The van der Waals surface area contributed by atoms with Gasteiger partial charge >= 0.3 is 66.0 Å². The third-order valence-electron chi connectivity index (χ3n) is 10.7. The molecular weight excluding hydrogens is 1150 g/mol. The first-order valence-corrected chi connectivity index (χ1v) is 28.7. The summed E-state index contributed by atoms with van der Waals surface area (Å²) in [5, 5.41) is 10.8. The van der Waals surface area contributed by atoms with Crippen molar-refractivity contribution in [3.05, 3.63) is 167 Å². The van der Waals surface area contributed by atoms with Gasteiger partial charge in [0.25, 0.3) is 0 Å². The molecule has 7 rings (SSSR count). The molecule has 16 nitrogen and oxygen atoms in total. The van der Waals surface area contributed by atoms with Crippen molar-refractivity contribution >= 4 is 37.2 Å². The Bertz CT molecular complexity index is 3000. The van der Waals surface area contributed by atoms with Crippen molar-refractivity contribution in [3.63, 3.8) is 0 Å². The summed E-state index contributed by atoms with van der Waals surface area (Å²) in [5.74, 6) is 3.06. The van der Waals surface area contributed by atoms with Gasteiger partial charge in [0.2, 0.25) is 0 Å². The van der Waals surface area contributed by atoms with Crippen LogP contribution in [0.2, 0.25) is 0 Å². The van der Waals surface area contributed by atoms with E-state index in [-0.39, 0.29) is 0 Å². The van der Waals surface area contributed by atoms with E-state index in [1.54, 1.807) is 0 Å². The Morgan fingerprint density at radius 1 is 0.329 bits per heavy atom. The second-order valence-electron chi connectivity index (χ2n) is 17.1. The van der Waals surface area contributed by atoms with Crippen LogP contribution in [0.25, 0.3) is 64.7 Å². The van der Waals surface area contributed by atoms with E-state index in [4.69, 9.17) is 49.0 Å². The predicted molar refractivity (Wildman–Crippen MR) is 286 cm³/mol. The number of hydrogen-bond donors (Lipinski definition) is 0. The molecule has 2 heterocycles. The molecule has 0 bridgehead atoms. The van der Waals surface area contributed by atoms with Gasteiger partial charge in [-0.25, -0.2) is 9.13 Å². The number of ether oxygens (including phenoxy) is 8. The maximum Gasteiger partial charge on any atom is 0.171 e. The SMILES string of the molecule is F[P-](F)(F)(F)(F)F.F[P-](F)(F)(F)(F)F.[N-]=[N+]=NCCOCCOc1cccc2c(OCCOCC[n+]3ccc(-c4ccc(-c5cc[n+](CCOCCOc6cccc7c(OCCOCCN=[N+]=[N-])cccc67)cc5)cc4)cc3)cccc12. The van der Waals surface area contributed by atoms with Gasteiger partial charge in [0, 0.05) is 68.7 Å². The number of rotatable bonds is 30. The molecule has 0 N–H and O–H groups in total. The van der Waals surface area contributed by atoms with Crippen LogP contribution in [-0.2, 0) is 32.0 Å². The molecule has 446 valence electrons. The van der Waals surface area contributed by atoms with Crippen LogP contribution in [0.5, 0.6) is 23.0 Å². The quantitative estimate of drug-likeness (QED) is 0.00811. The normalized spacial score (nSPS) is 13.0. The van der Waals surface area contributed by atoms with Crippen LogP contribution in [0.15, 0.2) is 156 Å². The molecule has 0 radical (unpaired) electrons. The molecule has 0 aliphatic rings. The van der Waals surface area contributed by atoms with E-state index in [0.29, 0.717) is 92.4 Å². The first kappa shape index (κ1) is 65.4. The Morgan fingerprint density at radius 2 is 0.573 bits per heavy atom. The minimum Gasteiger partial charge on any atom is -0.491 e. The number of hydrogen-bond acceptors (Lipinski definition) is 10. The van der Waals surface area contributed by atoms with Crippen LogP contribution in [0.3, 0.4) is 0 Å². The Hall–Kier alpha value is -7.40. The molecule has 0 saturated carbocycles. The first-order valence-electron chi connectivity index (χ1n) is 24.7. The average molecular weight is 1210 g/mol. The van der Waals surface area contributed by atoms with E-state index in [2.05, 4.69) is 103 Å². The summed E-state index contributed by atoms with van der Waals surface area (Å²) in [7, 11) is -21.3. The van der Waals surface area contributed by atoms with Crippen molar-refractivity contribution < 1.29 is 97.4 Å². The summed E-state index contributed by atoms with van der Waals surface area (Å²) in [6, 6.07) is 40.8. The molecule has 2 aromatic heterocycles. The van der Waals surface area contributed by atoms with Crippen LogP contribution >= 0.6 is 15.6 Å². The number of halogens is 12. The van der Waals surface area contributed by atoms with Crippen molar-refractivity contribution in [1.29, 1.82) is 0 Å². The zero-order valence-corrected chi connectivity index (χ0v) is 45.2. The Balaban J connectivity index is 0.000000781. The molecule has 0 unspecified atom stereocenters. The van der Waals surface area contributed by atoms with Crippen molar-refractivity contribution in [2.75, 3.05) is 92.4 Å². The number of fused-ring (bicyclic) bond motifs is 2. The summed E-state index contributed by atoms with van der Waals surface area (Å²) in [5.41, 5.74) is 21.3. The largest absolute Gasteiger partial charge is 0.491 e. The van der Waals surface area contributed by atoms with Crippen LogP contribution < -0.4 is 28.1 Å². The number of aromatic nitrogens is 2. The topological polar surface area (TPSA) is 179 Å². The fraction of sp³-hybridized carbons (Fsp3) is 0.308. The van der Waals surface area contributed by atoms with E-state index in [0.717, 1.165) is 79.9 Å². The fourth-order valence-electron chi connectivity index (χ4n) is 7.35. The summed E-state index contributed by atoms with van der Waals surface area (Å²) >= 11 is 0. The van der Waals surface area contributed by atoms with Crippen LogP contribution in [0.4, 0.5) is 50.4 Å². The van der Waals surface area contributed by atoms with Gasteiger partial charge in [-0.3, -0.25) is 0 Å². The molecule has 0 aliphatic carbocycles. The van der Waals surface area contributed by atoms with Crippen LogP contribution in [0.1, 0.15) is 0 Å². The third-order valence-corrected chi connectivity index (χ3v) is 10.7. The smallest absolute Gasteiger partial charge is 0.171 e. The van der Waals surface area contributed by atoms with Crippen molar-refractivity contribution in [2.45, 2.75) is 13.1 Å². The standard InChI is InChI=1S/C52H56N8O8.2F6P/c53-57-55-21-29-61-33-37-65-49-9-1-7-47-45(49)5-3-11-51(47)67-39-35-63-31-27-59-23-17-43(18-24-59)41-13-15-42(16-14-41)44-19-25-60(26-20-44)28-32-64-36-40-68-52-12-4-6-46-48(52)8-2-10-50(46)66-38-34-62-30-22-56-58-54;2*1-7(2,3,4,5)6/h1-20,23-26H,21-22,27-40H2;;/q+2;2*-1. The minimum atomic E-state index is -10.7. The van der Waals surface area contributed by atoms with Crippen LogP contribution in [0, 0.1) is 0 Å². The zero-order valence-electron chi connectivity index (χ0n) is 43.4. The molecule has 0 aliphatic heterocycles. The Labute approximate surface area is 461 Å². The van der Waals surface area contributed by atoms with Crippen LogP contribution in [-0.4, -0.2) is 92.4 Å². The molecule has 0 saturated heterocycles. The molecular formula is C52H56F12N8O8P2. The Morgan fingerprint density at radius 3 is 0.829 bits per heavy atom. The summed E-state index contributed by atoms with van der Waals surface area (Å²) in [6.45, 7) is 7.25. The third kappa shape index (κ3) is 28.3. The van der Waals surface area contributed by atoms with Crippen molar-refractivity contribution in [1.82, 2.24) is 0 Å². The number of pyridine rings is 2. The molecule has 0 spiro atoms. The van der Waals surface area contributed by atoms with Gasteiger partial charge in [-0.1, -0.05) is 83.0 Å². The van der Waals surface area contributed by atoms with E-state index in [9.17, 15) is 50.4 Å². The van der Waals surface area contributed by atoms with Gasteiger partial charge in [0.1, 0.15) is 62.6 Å². The van der Waals surface area contributed by atoms with E-state index < -0.39 is 15.6 Å². The van der Waals surface area contributed by atoms with Gasteiger partial charge in [0.15, 0.2) is 37.9 Å². The maximum absolute atomic E-state index is 10.7. The number of azide groups is 2.